The van der Waals surface area contributed by atoms with Crippen LogP contribution in [-0.2, 0) is 16.0 Å². The number of benzene rings is 2. The number of hydrogen-bond acceptors (Lipinski definition) is 4. The quantitative estimate of drug-likeness (QED) is 0.429. The molecule has 0 saturated heterocycles. The van der Waals surface area contributed by atoms with E-state index in [9.17, 15) is 9.59 Å². The van der Waals surface area contributed by atoms with Crippen molar-refractivity contribution in [1.29, 1.82) is 0 Å². The highest BCUT2D eigenvalue weighted by Crippen LogP contribution is 2.38. The lowest BCUT2D eigenvalue weighted by atomic mass is 9.97. The van der Waals surface area contributed by atoms with Gasteiger partial charge in [-0.3, -0.25) is 4.79 Å². The molecule has 0 atom stereocenters. The molecule has 1 heterocycles. The first-order valence-electron chi connectivity index (χ1n) is 9.70. The Labute approximate surface area is 185 Å². The topological polar surface area (TPSA) is 55.4 Å². The number of hydrogen-bond donors (Lipinski definition) is 1. The molecule has 3 rings (SSSR count). The van der Waals surface area contributed by atoms with Gasteiger partial charge < -0.3 is 10.1 Å². The first kappa shape index (κ1) is 22.1. The third kappa shape index (κ3) is 5.29. The molecule has 0 radical (unpaired) electrons. The summed E-state index contributed by atoms with van der Waals surface area (Å²) in [6.45, 7) is 4.01. The van der Waals surface area contributed by atoms with E-state index in [2.05, 4.69) is 5.32 Å². The van der Waals surface area contributed by atoms with Gasteiger partial charge in [0.2, 0.25) is 5.91 Å². The van der Waals surface area contributed by atoms with Gasteiger partial charge in [0, 0.05) is 22.4 Å². The van der Waals surface area contributed by atoms with Crippen LogP contribution in [0.5, 0.6) is 0 Å². The number of thiophene rings is 1. The average molecular weight is 442 g/mol. The lowest BCUT2D eigenvalue weighted by molar-refractivity contribution is -0.116. The van der Waals surface area contributed by atoms with Crippen molar-refractivity contribution in [3.63, 3.8) is 0 Å². The molecule has 6 heteroatoms. The van der Waals surface area contributed by atoms with Crippen LogP contribution in [0.1, 0.15) is 39.9 Å². The maximum Gasteiger partial charge on any atom is 0.341 e. The van der Waals surface area contributed by atoms with Crippen LogP contribution in [0.15, 0.2) is 47.8 Å². The van der Waals surface area contributed by atoms with E-state index < -0.39 is 5.97 Å². The van der Waals surface area contributed by atoms with E-state index in [1.807, 2.05) is 61.7 Å². The average Bonchev–Trinajstić information content (AvgIpc) is 3.13. The van der Waals surface area contributed by atoms with E-state index in [0.29, 0.717) is 28.4 Å². The van der Waals surface area contributed by atoms with Gasteiger partial charge in [-0.15, -0.1) is 11.3 Å². The largest absolute Gasteiger partial charge is 0.465 e. The number of carbonyl (C=O) groups excluding carboxylic acids is 2. The Morgan fingerprint density at radius 2 is 1.80 bits per heavy atom. The second kappa shape index (κ2) is 9.92. The van der Waals surface area contributed by atoms with E-state index >= 15 is 0 Å². The molecule has 3 aromatic rings. The third-order valence-electron chi connectivity index (χ3n) is 4.90. The number of halogens is 1. The number of amides is 1. The summed E-state index contributed by atoms with van der Waals surface area (Å²) in [6.07, 6.45) is 1.85. The maximum absolute atomic E-state index is 12.5. The first-order chi connectivity index (χ1) is 14.4. The molecule has 0 aliphatic rings. The van der Waals surface area contributed by atoms with Gasteiger partial charge in [-0.25, -0.2) is 4.79 Å². The lowest BCUT2D eigenvalue weighted by Crippen LogP contribution is -2.14. The SMILES string of the molecule is COC(=O)c1c(-c2cc(C)ccc2C)csc1NC(=O)CCCc1ccc(Cl)cc1. The van der Waals surface area contributed by atoms with Crippen molar-refractivity contribution in [2.75, 3.05) is 12.4 Å². The Morgan fingerprint density at radius 1 is 1.07 bits per heavy atom. The molecule has 156 valence electrons. The van der Waals surface area contributed by atoms with Gasteiger partial charge in [-0.2, -0.15) is 0 Å². The zero-order valence-corrected chi connectivity index (χ0v) is 18.8. The lowest BCUT2D eigenvalue weighted by Gasteiger charge is -2.10. The number of ether oxygens (including phenoxy) is 1. The van der Waals surface area contributed by atoms with Gasteiger partial charge >= 0.3 is 5.97 Å². The number of carbonyl (C=O) groups is 2. The van der Waals surface area contributed by atoms with Gasteiger partial charge in [0.25, 0.3) is 0 Å². The summed E-state index contributed by atoms with van der Waals surface area (Å²) in [7, 11) is 1.35. The Bertz CT molecular complexity index is 1060. The molecule has 0 aliphatic heterocycles. The van der Waals surface area contributed by atoms with Crippen LogP contribution in [0.4, 0.5) is 5.00 Å². The van der Waals surface area contributed by atoms with E-state index in [4.69, 9.17) is 16.3 Å². The van der Waals surface area contributed by atoms with Crippen molar-refractivity contribution >= 4 is 39.8 Å². The number of anilines is 1. The highest BCUT2D eigenvalue weighted by Gasteiger charge is 2.23. The summed E-state index contributed by atoms with van der Waals surface area (Å²) in [5.74, 6) is -0.577. The highest BCUT2D eigenvalue weighted by atomic mass is 35.5. The second-order valence-corrected chi connectivity index (χ2v) is 8.51. The molecule has 1 amide bonds. The van der Waals surface area contributed by atoms with Crippen molar-refractivity contribution in [3.8, 4) is 11.1 Å². The van der Waals surface area contributed by atoms with Gasteiger partial charge in [0.15, 0.2) is 0 Å². The van der Waals surface area contributed by atoms with Crippen molar-refractivity contribution in [3.05, 3.63) is 75.1 Å². The molecule has 4 nitrogen and oxygen atoms in total. The number of esters is 1. The summed E-state index contributed by atoms with van der Waals surface area (Å²) in [4.78, 5) is 25.0. The molecule has 0 fully saturated rings. The van der Waals surface area contributed by atoms with Gasteiger partial charge in [-0.1, -0.05) is 47.5 Å². The molecular formula is C24H24ClNO3S. The summed E-state index contributed by atoms with van der Waals surface area (Å²) in [6, 6.07) is 13.7. The van der Waals surface area contributed by atoms with Gasteiger partial charge in [-0.05, 0) is 55.5 Å². The maximum atomic E-state index is 12.5. The van der Waals surface area contributed by atoms with Gasteiger partial charge in [0.05, 0.1) is 7.11 Å². The molecule has 0 spiro atoms. The molecule has 0 aliphatic carbocycles. The fourth-order valence-electron chi connectivity index (χ4n) is 3.27. The molecule has 0 saturated carbocycles. The third-order valence-corrected chi connectivity index (χ3v) is 6.05. The number of rotatable bonds is 7. The predicted molar refractivity (Wildman–Crippen MR) is 124 cm³/mol. The summed E-state index contributed by atoms with van der Waals surface area (Å²) >= 11 is 7.24. The van der Waals surface area contributed by atoms with Crippen LogP contribution >= 0.6 is 22.9 Å². The van der Waals surface area contributed by atoms with Crippen LogP contribution in [0.25, 0.3) is 11.1 Å². The van der Waals surface area contributed by atoms with E-state index in [-0.39, 0.29) is 5.91 Å². The van der Waals surface area contributed by atoms with Crippen LogP contribution in [0.2, 0.25) is 5.02 Å². The van der Waals surface area contributed by atoms with Crippen molar-refractivity contribution in [2.45, 2.75) is 33.1 Å². The van der Waals surface area contributed by atoms with Crippen LogP contribution in [0, 0.1) is 13.8 Å². The van der Waals surface area contributed by atoms with Crippen molar-refractivity contribution in [1.82, 2.24) is 0 Å². The Hall–Kier alpha value is -2.63. The minimum atomic E-state index is -0.455. The zero-order chi connectivity index (χ0) is 21.7. The molecule has 30 heavy (non-hydrogen) atoms. The second-order valence-electron chi connectivity index (χ2n) is 7.19. The minimum Gasteiger partial charge on any atom is -0.465 e. The number of aryl methyl sites for hydroxylation is 3. The molecule has 0 bridgehead atoms. The number of methoxy groups -OCH3 is 1. The molecule has 2 aromatic carbocycles. The fourth-order valence-corrected chi connectivity index (χ4v) is 4.36. The van der Waals surface area contributed by atoms with E-state index in [1.165, 1.54) is 18.4 Å². The zero-order valence-electron chi connectivity index (χ0n) is 17.3. The Kier molecular flexibility index (Phi) is 7.29. The smallest absolute Gasteiger partial charge is 0.341 e. The standard InChI is InChI=1S/C24H24ClNO3S/c1-15-7-8-16(2)19(13-15)20-14-30-23(22(20)24(28)29-3)26-21(27)6-4-5-17-9-11-18(25)12-10-17/h7-14H,4-6H2,1-3H3,(H,26,27). The van der Waals surface area contributed by atoms with E-state index in [0.717, 1.165) is 34.2 Å². The van der Waals surface area contributed by atoms with Crippen LogP contribution in [-0.4, -0.2) is 19.0 Å². The van der Waals surface area contributed by atoms with Gasteiger partial charge in [0.1, 0.15) is 10.6 Å². The normalized spacial score (nSPS) is 10.7. The van der Waals surface area contributed by atoms with Crippen molar-refractivity contribution < 1.29 is 14.3 Å². The minimum absolute atomic E-state index is 0.122. The monoisotopic (exact) mass is 441 g/mol. The van der Waals surface area contributed by atoms with Crippen LogP contribution < -0.4 is 5.32 Å². The summed E-state index contributed by atoms with van der Waals surface area (Å²) in [5, 5.41) is 6.02. The van der Waals surface area contributed by atoms with Crippen molar-refractivity contribution in [2.24, 2.45) is 0 Å². The highest BCUT2D eigenvalue weighted by molar-refractivity contribution is 7.15. The first-order valence-corrected chi connectivity index (χ1v) is 11.0. The molecular weight excluding hydrogens is 418 g/mol. The Morgan fingerprint density at radius 3 is 2.50 bits per heavy atom. The summed E-state index contributed by atoms with van der Waals surface area (Å²) < 4.78 is 5.00. The predicted octanol–water partition coefficient (Wildman–Crippen LogP) is 6.43. The molecule has 0 unspecified atom stereocenters. The fraction of sp³-hybridized carbons (Fsp3) is 0.250. The summed E-state index contributed by atoms with van der Waals surface area (Å²) in [5.41, 5.74) is 5.45. The Balaban J connectivity index is 1.74. The molecule has 1 aromatic heterocycles. The molecule has 1 N–H and O–H groups in total. The van der Waals surface area contributed by atoms with E-state index in [1.54, 1.807) is 0 Å². The van der Waals surface area contributed by atoms with Crippen LogP contribution in [0.3, 0.4) is 0 Å². The number of nitrogens with one attached hydrogen (secondary N) is 1.